The molecule has 0 unspecified atom stereocenters. The molecule has 1 aromatic carbocycles. The van der Waals surface area contributed by atoms with Crippen LogP contribution >= 0.6 is 11.6 Å². The molecular weight excluding hydrogens is 312 g/mol. The molecule has 7 nitrogen and oxygen atoms in total. The van der Waals surface area contributed by atoms with E-state index in [9.17, 15) is 4.79 Å². The maximum absolute atomic E-state index is 12.1. The Labute approximate surface area is 130 Å². The van der Waals surface area contributed by atoms with E-state index in [1.807, 2.05) is 0 Å². The molecule has 0 radical (unpaired) electrons. The van der Waals surface area contributed by atoms with E-state index >= 15 is 0 Å². The minimum absolute atomic E-state index is 0.00815. The number of hydrogen-bond acceptors (Lipinski definition) is 7. The summed E-state index contributed by atoms with van der Waals surface area (Å²) < 4.78 is 20.6. The highest BCUT2D eigenvalue weighted by atomic mass is 35.5. The van der Waals surface area contributed by atoms with Gasteiger partial charge in [0, 0.05) is 16.1 Å². The summed E-state index contributed by atoms with van der Waals surface area (Å²) in [5.41, 5.74) is 7.52. The number of rotatable bonds is 3. The van der Waals surface area contributed by atoms with Crippen molar-refractivity contribution in [3.05, 3.63) is 39.5 Å². The van der Waals surface area contributed by atoms with Gasteiger partial charge in [0.05, 0.1) is 12.3 Å². The van der Waals surface area contributed by atoms with Crippen molar-refractivity contribution < 1.29 is 23.5 Å². The fraction of sp³-hybridized carbons (Fsp3) is 0.286. The van der Waals surface area contributed by atoms with Crippen LogP contribution in [-0.4, -0.2) is 17.9 Å². The molecule has 2 N–H and O–H groups in total. The zero-order chi connectivity index (χ0) is 15.7. The van der Waals surface area contributed by atoms with Crippen LogP contribution in [0.15, 0.2) is 16.7 Å². The molecule has 0 fully saturated rings. The van der Waals surface area contributed by atoms with Crippen molar-refractivity contribution in [3.63, 3.8) is 0 Å². The van der Waals surface area contributed by atoms with Crippen LogP contribution in [0, 0.1) is 6.92 Å². The Morgan fingerprint density at radius 3 is 3.05 bits per heavy atom. The molecule has 0 spiro atoms. The molecule has 0 bridgehead atoms. The first-order valence-electron chi connectivity index (χ1n) is 6.47. The molecule has 1 aromatic heterocycles. The zero-order valence-electron chi connectivity index (χ0n) is 11.7. The van der Waals surface area contributed by atoms with Gasteiger partial charge in [-0.05, 0) is 19.1 Å². The number of anilines is 1. The molecular formula is C14H13ClN2O5. The Hall–Kier alpha value is -2.25. The van der Waals surface area contributed by atoms with Gasteiger partial charge in [-0.2, -0.15) is 0 Å². The second-order valence-electron chi connectivity index (χ2n) is 4.75. The zero-order valence-corrected chi connectivity index (χ0v) is 12.5. The molecule has 0 saturated heterocycles. The van der Waals surface area contributed by atoms with Gasteiger partial charge in [0.2, 0.25) is 5.88 Å². The monoisotopic (exact) mass is 324 g/mol. The summed E-state index contributed by atoms with van der Waals surface area (Å²) >= 11 is 6.05. The maximum atomic E-state index is 12.1. The van der Waals surface area contributed by atoms with Crippen molar-refractivity contribution in [1.29, 1.82) is 0 Å². The van der Waals surface area contributed by atoms with E-state index in [1.54, 1.807) is 19.1 Å². The van der Waals surface area contributed by atoms with Crippen molar-refractivity contribution in [2.45, 2.75) is 20.1 Å². The van der Waals surface area contributed by atoms with Gasteiger partial charge in [-0.3, -0.25) is 0 Å². The molecule has 22 heavy (non-hydrogen) atoms. The van der Waals surface area contributed by atoms with Crippen molar-refractivity contribution in [1.82, 2.24) is 5.16 Å². The molecule has 0 aliphatic carbocycles. The maximum Gasteiger partial charge on any atom is 0.346 e. The largest absolute Gasteiger partial charge is 0.467 e. The summed E-state index contributed by atoms with van der Waals surface area (Å²) in [4.78, 5) is 12.1. The Morgan fingerprint density at radius 1 is 1.50 bits per heavy atom. The lowest BCUT2D eigenvalue weighted by molar-refractivity contribution is -0.0180. The molecule has 1 aliphatic rings. The van der Waals surface area contributed by atoms with Crippen LogP contribution in [0.1, 0.15) is 27.2 Å². The van der Waals surface area contributed by atoms with Crippen molar-refractivity contribution >= 4 is 23.5 Å². The molecule has 0 saturated carbocycles. The summed E-state index contributed by atoms with van der Waals surface area (Å²) in [6, 6.07) is 3.44. The van der Waals surface area contributed by atoms with Crippen LogP contribution < -0.4 is 10.5 Å². The minimum Gasteiger partial charge on any atom is -0.467 e. The molecule has 116 valence electrons. The highest BCUT2D eigenvalue weighted by Crippen LogP contribution is 2.32. The second kappa shape index (κ2) is 5.86. The van der Waals surface area contributed by atoms with E-state index in [2.05, 4.69) is 5.16 Å². The standard InChI is InChI=1S/C14H13ClN2O5/c1-7-11(13(16)22-17-7)14(18)20-5-9-3-10(15)2-8-4-19-6-21-12(8)9/h2-3H,4-6,16H2,1H3. The Bertz CT molecular complexity index is 709. The lowest BCUT2D eigenvalue weighted by Gasteiger charge is -2.21. The predicted octanol–water partition coefficient (Wildman–Crippen LogP) is 2.44. The number of hydrogen-bond donors (Lipinski definition) is 1. The third kappa shape index (κ3) is 2.72. The third-order valence-corrected chi connectivity index (χ3v) is 3.42. The highest BCUT2D eigenvalue weighted by Gasteiger charge is 2.22. The Balaban J connectivity index is 1.80. The SMILES string of the molecule is Cc1noc(N)c1C(=O)OCc1cc(Cl)cc2c1OCOC2. The number of nitrogen functional groups attached to an aromatic ring is 1. The Morgan fingerprint density at radius 2 is 2.32 bits per heavy atom. The first-order valence-corrected chi connectivity index (χ1v) is 6.84. The molecule has 2 heterocycles. The first kappa shape index (κ1) is 14.7. The van der Waals surface area contributed by atoms with Gasteiger partial charge >= 0.3 is 5.97 Å². The van der Waals surface area contributed by atoms with Crippen LogP contribution in [0.5, 0.6) is 5.75 Å². The quantitative estimate of drug-likeness (QED) is 0.866. The van der Waals surface area contributed by atoms with Gasteiger partial charge in [0.1, 0.15) is 17.9 Å². The highest BCUT2D eigenvalue weighted by molar-refractivity contribution is 6.30. The first-order chi connectivity index (χ1) is 10.6. The van der Waals surface area contributed by atoms with Crippen LogP contribution in [0.4, 0.5) is 5.88 Å². The minimum atomic E-state index is -0.614. The number of carbonyl (C=O) groups excluding carboxylic acids is 1. The van der Waals surface area contributed by atoms with Crippen LogP contribution in [0.3, 0.4) is 0 Å². The molecule has 1 aliphatic heterocycles. The topological polar surface area (TPSA) is 96.8 Å². The number of nitrogens with zero attached hydrogens (tertiary/aromatic N) is 1. The van der Waals surface area contributed by atoms with E-state index in [0.29, 0.717) is 28.6 Å². The summed E-state index contributed by atoms with van der Waals surface area (Å²) in [6.45, 7) is 2.14. The molecule has 0 amide bonds. The average molecular weight is 325 g/mol. The molecule has 8 heteroatoms. The van der Waals surface area contributed by atoms with Gasteiger partial charge in [-0.25, -0.2) is 4.79 Å². The van der Waals surface area contributed by atoms with Crippen LogP contribution in [0.25, 0.3) is 0 Å². The van der Waals surface area contributed by atoms with Gasteiger partial charge in [0.15, 0.2) is 6.79 Å². The summed E-state index contributed by atoms with van der Waals surface area (Å²) in [5.74, 6) is -0.0595. The van der Waals surface area contributed by atoms with E-state index in [4.69, 9.17) is 36.1 Å². The van der Waals surface area contributed by atoms with Crippen molar-refractivity contribution in [2.75, 3.05) is 12.5 Å². The summed E-state index contributed by atoms with van der Waals surface area (Å²) in [7, 11) is 0. The molecule has 0 atom stereocenters. The molecule has 3 rings (SSSR count). The smallest absolute Gasteiger partial charge is 0.346 e. The van der Waals surface area contributed by atoms with Crippen molar-refractivity contribution in [2.24, 2.45) is 0 Å². The van der Waals surface area contributed by atoms with E-state index in [1.165, 1.54) is 0 Å². The lowest BCUT2D eigenvalue weighted by atomic mass is 10.1. The van der Waals surface area contributed by atoms with Gasteiger partial charge in [0.25, 0.3) is 0 Å². The van der Waals surface area contributed by atoms with Gasteiger partial charge in [-0.1, -0.05) is 16.8 Å². The summed E-state index contributed by atoms with van der Waals surface area (Å²) in [5, 5.41) is 4.13. The van der Waals surface area contributed by atoms with E-state index in [0.717, 1.165) is 5.56 Å². The van der Waals surface area contributed by atoms with Gasteiger partial charge in [-0.15, -0.1) is 0 Å². The van der Waals surface area contributed by atoms with Gasteiger partial charge < -0.3 is 24.5 Å². The fourth-order valence-corrected chi connectivity index (χ4v) is 2.48. The Kier molecular flexibility index (Phi) is 3.91. The van der Waals surface area contributed by atoms with Crippen LogP contribution in [0.2, 0.25) is 5.02 Å². The molecule has 2 aromatic rings. The van der Waals surface area contributed by atoms with Crippen molar-refractivity contribution in [3.8, 4) is 5.75 Å². The predicted molar refractivity (Wildman–Crippen MR) is 76.5 cm³/mol. The summed E-state index contributed by atoms with van der Waals surface area (Å²) in [6.07, 6.45) is 0. The third-order valence-electron chi connectivity index (χ3n) is 3.20. The van der Waals surface area contributed by atoms with E-state index in [-0.39, 0.29) is 24.8 Å². The number of benzene rings is 1. The number of aromatic nitrogens is 1. The lowest BCUT2D eigenvalue weighted by Crippen LogP contribution is -2.14. The number of esters is 1. The number of fused-ring (bicyclic) bond motifs is 1. The van der Waals surface area contributed by atoms with Crippen LogP contribution in [-0.2, 0) is 22.7 Å². The number of carbonyl (C=O) groups is 1. The normalized spacial score (nSPS) is 13.4. The van der Waals surface area contributed by atoms with E-state index < -0.39 is 5.97 Å². The number of aryl methyl sites for hydroxylation is 1. The average Bonchev–Trinajstić information content (AvgIpc) is 2.83. The number of ether oxygens (including phenoxy) is 3. The number of nitrogens with two attached hydrogens (primary N) is 1. The second-order valence-corrected chi connectivity index (χ2v) is 5.18. The number of halogens is 1. The fourth-order valence-electron chi connectivity index (χ4n) is 2.21.